The number of halogens is 1. The quantitative estimate of drug-likeness (QED) is 0.823. The second-order valence-electron chi connectivity index (χ2n) is 7.55. The minimum absolute atomic E-state index is 0.295. The van der Waals surface area contributed by atoms with Crippen LogP contribution in [0.15, 0.2) is 42.7 Å². The predicted octanol–water partition coefficient (Wildman–Crippen LogP) is 3.33. The van der Waals surface area contributed by atoms with Crippen molar-refractivity contribution in [2.24, 2.45) is 5.92 Å². The van der Waals surface area contributed by atoms with Gasteiger partial charge in [-0.1, -0.05) is 12.1 Å². The van der Waals surface area contributed by atoms with Crippen LogP contribution in [0.2, 0.25) is 0 Å². The first-order valence-corrected chi connectivity index (χ1v) is 9.39. The number of ether oxygens (including phenoxy) is 1. The van der Waals surface area contributed by atoms with E-state index in [1.165, 1.54) is 31.6 Å². The maximum Gasteiger partial charge on any atom is 0.165 e. The third-order valence-corrected chi connectivity index (χ3v) is 5.63. The van der Waals surface area contributed by atoms with Crippen LogP contribution in [-0.2, 0) is 13.1 Å². The summed E-state index contributed by atoms with van der Waals surface area (Å²) in [5, 5.41) is 0. The van der Waals surface area contributed by atoms with Crippen molar-refractivity contribution in [2.45, 2.75) is 32.0 Å². The van der Waals surface area contributed by atoms with E-state index in [0.29, 0.717) is 17.7 Å². The molecule has 0 radical (unpaired) electrons. The standard InChI is InChI=1S/C21H26FN3O/c1-26-21-9-16(5-7-20(21)22)13-25-14-18-4-6-19(25)15-24(12-18)11-17-3-2-8-23-10-17/h2-3,5,7-10,18-19H,4,6,11-15H2,1H3/t18-,19+/m0/s1. The summed E-state index contributed by atoms with van der Waals surface area (Å²) >= 11 is 0. The molecule has 2 atom stereocenters. The van der Waals surface area contributed by atoms with Gasteiger partial charge < -0.3 is 4.74 Å². The zero-order valence-corrected chi connectivity index (χ0v) is 15.3. The minimum Gasteiger partial charge on any atom is -0.494 e. The van der Waals surface area contributed by atoms with Gasteiger partial charge in [0.05, 0.1) is 7.11 Å². The van der Waals surface area contributed by atoms with Crippen molar-refractivity contribution in [3.63, 3.8) is 0 Å². The molecule has 0 saturated carbocycles. The normalized spacial score (nSPS) is 23.8. The van der Waals surface area contributed by atoms with Gasteiger partial charge in [-0.05, 0) is 48.1 Å². The summed E-state index contributed by atoms with van der Waals surface area (Å²) in [6, 6.07) is 9.95. The molecule has 0 aliphatic carbocycles. The van der Waals surface area contributed by atoms with Crippen molar-refractivity contribution in [1.29, 1.82) is 0 Å². The Morgan fingerprint density at radius 1 is 1.12 bits per heavy atom. The molecule has 3 aliphatic rings. The molecule has 2 bridgehead atoms. The van der Waals surface area contributed by atoms with Gasteiger partial charge >= 0.3 is 0 Å². The molecule has 138 valence electrons. The van der Waals surface area contributed by atoms with E-state index >= 15 is 0 Å². The largest absolute Gasteiger partial charge is 0.494 e. The molecule has 5 heteroatoms. The fraction of sp³-hybridized carbons (Fsp3) is 0.476. The molecule has 1 aromatic carbocycles. The van der Waals surface area contributed by atoms with Gasteiger partial charge in [0, 0.05) is 51.2 Å². The molecule has 0 N–H and O–H groups in total. The second-order valence-corrected chi connectivity index (χ2v) is 7.55. The van der Waals surface area contributed by atoms with E-state index in [0.717, 1.165) is 38.3 Å². The van der Waals surface area contributed by atoms with E-state index in [2.05, 4.69) is 20.9 Å². The highest BCUT2D eigenvalue weighted by atomic mass is 19.1. The van der Waals surface area contributed by atoms with Crippen LogP contribution in [-0.4, -0.2) is 47.6 Å². The van der Waals surface area contributed by atoms with Gasteiger partial charge in [0.1, 0.15) is 0 Å². The van der Waals surface area contributed by atoms with Gasteiger partial charge in [0.25, 0.3) is 0 Å². The van der Waals surface area contributed by atoms with Crippen LogP contribution in [0.4, 0.5) is 4.39 Å². The van der Waals surface area contributed by atoms with Gasteiger partial charge in [0.2, 0.25) is 0 Å². The Bertz CT molecular complexity index is 739. The second kappa shape index (κ2) is 7.72. The fourth-order valence-electron chi connectivity index (χ4n) is 4.39. The number of methoxy groups -OCH3 is 1. The number of benzene rings is 1. The SMILES string of the molecule is COc1cc(CN2C[C@H]3CC[C@@H]2CN(Cc2cccnc2)C3)ccc1F. The Kier molecular flexibility index (Phi) is 5.18. The van der Waals surface area contributed by atoms with Gasteiger partial charge in [-0.3, -0.25) is 14.8 Å². The van der Waals surface area contributed by atoms with Gasteiger partial charge in [-0.25, -0.2) is 4.39 Å². The van der Waals surface area contributed by atoms with Crippen LogP contribution in [0.5, 0.6) is 5.75 Å². The lowest BCUT2D eigenvalue weighted by molar-refractivity contribution is 0.123. The summed E-state index contributed by atoms with van der Waals surface area (Å²) in [6.07, 6.45) is 6.34. The highest BCUT2D eigenvalue weighted by molar-refractivity contribution is 5.30. The molecule has 3 fully saturated rings. The molecule has 3 aliphatic heterocycles. The van der Waals surface area contributed by atoms with Crippen LogP contribution >= 0.6 is 0 Å². The predicted molar refractivity (Wildman–Crippen MR) is 99.4 cm³/mol. The van der Waals surface area contributed by atoms with Crippen molar-refractivity contribution in [3.05, 3.63) is 59.7 Å². The van der Waals surface area contributed by atoms with Crippen molar-refractivity contribution in [2.75, 3.05) is 26.7 Å². The Hall–Kier alpha value is -1.98. The average Bonchev–Trinajstić information content (AvgIpc) is 2.94. The summed E-state index contributed by atoms with van der Waals surface area (Å²) in [7, 11) is 1.52. The number of piperidine rings is 1. The lowest BCUT2D eigenvalue weighted by Crippen LogP contribution is -2.43. The molecule has 2 aromatic rings. The smallest absolute Gasteiger partial charge is 0.165 e. The lowest BCUT2D eigenvalue weighted by atomic mass is 9.94. The number of pyridine rings is 1. The summed E-state index contributed by atoms with van der Waals surface area (Å²) in [4.78, 5) is 9.39. The lowest BCUT2D eigenvalue weighted by Gasteiger charge is -2.36. The number of hydrogen-bond donors (Lipinski definition) is 0. The number of rotatable bonds is 5. The van der Waals surface area contributed by atoms with Crippen molar-refractivity contribution in [1.82, 2.24) is 14.8 Å². The minimum atomic E-state index is -0.295. The van der Waals surface area contributed by atoms with E-state index in [1.807, 2.05) is 30.6 Å². The van der Waals surface area contributed by atoms with Gasteiger partial charge in [-0.2, -0.15) is 0 Å². The monoisotopic (exact) mass is 355 g/mol. The van der Waals surface area contributed by atoms with Gasteiger partial charge in [0.15, 0.2) is 11.6 Å². The zero-order chi connectivity index (χ0) is 17.9. The van der Waals surface area contributed by atoms with Crippen molar-refractivity contribution in [3.8, 4) is 5.75 Å². The highest BCUT2D eigenvalue weighted by Crippen LogP contribution is 2.30. The molecule has 1 aromatic heterocycles. The maximum absolute atomic E-state index is 13.7. The Balaban J connectivity index is 1.45. The first kappa shape index (κ1) is 17.4. The van der Waals surface area contributed by atoms with E-state index < -0.39 is 0 Å². The Morgan fingerprint density at radius 3 is 2.85 bits per heavy atom. The fourth-order valence-corrected chi connectivity index (χ4v) is 4.39. The van der Waals surface area contributed by atoms with E-state index in [1.54, 1.807) is 0 Å². The summed E-state index contributed by atoms with van der Waals surface area (Å²) in [5.41, 5.74) is 2.40. The zero-order valence-electron chi connectivity index (χ0n) is 15.3. The molecule has 0 amide bonds. The van der Waals surface area contributed by atoms with E-state index in [4.69, 9.17) is 4.74 Å². The number of aromatic nitrogens is 1. The van der Waals surface area contributed by atoms with Crippen LogP contribution in [0.25, 0.3) is 0 Å². The van der Waals surface area contributed by atoms with E-state index in [-0.39, 0.29) is 5.82 Å². The summed E-state index contributed by atoms with van der Waals surface area (Å²) in [6.45, 7) is 5.18. The molecule has 3 saturated heterocycles. The molecule has 4 heterocycles. The van der Waals surface area contributed by atoms with Crippen molar-refractivity contribution < 1.29 is 9.13 Å². The molecule has 4 nitrogen and oxygen atoms in total. The Labute approximate surface area is 154 Å². The topological polar surface area (TPSA) is 28.6 Å². The number of hydrogen-bond acceptors (Lipinski definition) is 4. The van der Waals surface area contributed by atoms with Crippen LogP contribution < -0.4 is 4.74 Å². The maximum atomic E-state index is 13.7. The summed E-state index contributed by atoms with van der Waals surface area (Å²) < 4.78 is 18.8. The molecular formula is C21H26FN3O. The first-order valence-electron chi connectivity index (χ1n) is 9.39. The molecular weight excluding hydrogens is 329 g/mol. The highest BCUT2D eigenvalue weighted by Gasteiger charge is 2.34. The van der Waals surface area contributed by atoms with Gasteiger partial charge in [-0.15, -0.1) is 0 Å². The first-order chi connectivity index (χ1) is 12.7. The Morgan fingerprint density at radius 2 is 2.04 bits per heavy atom. The van der Waals surface area contributed by atoms with Crippen LogP contribution in [0.1, 0.15) is 24.0 Å². The average molecular weight is 355 g/mol. The summed E-state index contributed by atoms with van der Waals surface area (Å²) in [5.74, 6) is 0.740. The number of nitrogens with zero attached hydrogens (tertiary/aromatic N) is 3. The van der Waals surface area contributed by atoms with Crippen LogP contribution in [0.3, 0.4) is 0 Å². The molecule has 26 heavy (non-hydrogen) atoms. The third kappa shape index (κ3) is 3.89. The third-order valence-electron chi connectivity index (χ3n) is 5.63. The van der Waals surface area contributed by atoms with Crippen molar-refractivity contribution >= 4 is 0 Å². The number of fused-ring (bicyclic) bond motifs is 4. The van der Waals surface area contributed by atoms with Crippen LogP contribution in [0, 0.1) is 11.7 Å². The molecule has 0 unspecified atom stereocenters. The molecule has 5 rings (SSSR count). The molecule has 0 spiro atoms. The van der Waals surface area contributed by atoms with E-state index in [9.17, 15) is 4.39 Å².